The van der Waals surface area contributed by atoms with Crippen LogP contribution in [-0.4, -0.2) is 22.7 Å². The normalized spacial score (nSPS) is 12.8. The van der Waals surface area contributed by atoms with Crippen molar-refractivity contribution in [2.75, 3.05) is 12.4 Å². The minimum absolute atomic E-state index is 0.409. The monoisotopic (exact) mass is 240 g/mol. The lowest BCUT2D eigenvalue weighted by Gasteiger charge is -2.13. The summed E-state index contributed by atoms with van der Waals surface area (Å²) >= 11 is 1.76. The Balaban J connectivity index is 2.60. The second-order valence-electron chi connectivity index (χ2n) is 3.90. The van der Waals surface area contributed by atoms with E-state index in [1.165, 1.54) is 0 Å². The van der Waals surface area contributed by atoms with Crippen molar-refractivity contribution in [3.05, 3.63) is 29.8 Å². The van der Waals surface area contributed by atoms with Crippen LogP contribution in [-0.2, 0) is 0 Å². The molecule has 0 bridgehead atoms. The summed E-state index contributed by atoms with van der Waals surface area (Å²) < 4.78 is 5.40. The number of rotatable bonds is 6. The molecule has 0 radical (unpaired) electrons. The fourth-order valence-corrected chi connectivity index (χ4v) is 2.12. The van der Waals surface area contributed by atoms with Gasteiger partial charge in [-0.05, 0) is 29.9 Å². The average molecular weight is 240 g/mol. The van der Waals surface area contributed by atoms with Crippen molar-refractivity contribution in [2.45, 2.75) is 32.1 Å². The van der Waals surface area contributed by atoms with Gasteiger partial charge in [-0.3, -0.25) is 0 Å². The lowest BCUT2D eigenvalue weighted by Crippen LogP contribution is -2.03. The van der Waals surface area contributed by atoms with E-state index >= 15 is 0 Å². The molecule has 0 saturated carbocycles. The maximum Gasteiger partial charge on any atom is 0.119 e. The van der Waals surface area contributed by atoms with Gasteiger partial charge in [0.1, 0.15) is 5.75 Å². The summed E-state index contributed by atoms with van der Waals surface area (Å²) in [4.78, 5) is 0. The van der Waals surface area contributed by atoms with Crippen LogP contribution < -0.4 is 4.74 Å². The van der Waals surface area contributed by atoms with Gasteiger partial charge >= 0.3 is 0 Å². The first kappa shape index (κ1) is 13.4. The van der Waals surface area contributed by atoms with E-state index in [9.17, 15) is 5.11 Å². The highest BCUT2D eigenvalue weighted by atomic mass is 32.2. The van der Waals surface area contributed by atoms with E-state index < -0.39 is 6.10 Å². The fourth-order valence-electron chi connectivity index (χ4n) is 1.36. The standard InChI is InChI=1S/C13H20O2S/c1-4-15-12-7-5-6-11(8-12)13(14)9-16-10(2)3/h5-8,10,13-14H,4,9H2,1-3H3. The summed E-state index contributed by atoms with van der Waals surface area (Å²) in [5.41, 5.74) is 0.930. The van der Waals surface area contributed by atoms with Gasteiger partial charge in [-0.2, -0.15) is 11.8 Å². The lowest BCUT2D eigenvalue weighted by atomic mass is 10.1. The topological polar surface area (TPSA) is 29.5 Å². The molecule has 1 atom stereocenters. The highest BCUT2D eigenvalue weighted by molar-refractivity contribution is 7.99. The Bertz CT molecular complexity index is 313. The number of aliphatic hydroxyl groups is 1. The van der Waals surface area contributed by atoms with Gasteiger partial charge < -0.3 is 9.84 Å². The van der Waals surface area contributed by atoms with Gasteiger partial charge in [0.2, 0.25) is 0 Å². The van der Waals surface area contributed by atoms with Crippen LogP contribution in [0.1, 0.15) is 32.4 Å². The van der Waals surface area contributed by atoms with Crippen molar-refractivity contribution in [3.63, 3.8) is 0 Å². The van der Waals surface area contributed by atoms with E-state index in [-0.39, 0.29) is 0 Å². The minimum Gasteiger partial charge on any atom is -0.494 e. The predicted molar refractivity (Wildman–Crippen MR) is 70.2 cm³/mol. The summed E-state index contributed by atoms with van der Waals surface area (Å²) in [5.74, 6) is 1.56. The van der Waals surface area contributed by atoms with Crippen molar-refractivity contribution in [2.24, 2.45) is 0 Å². The van der Waals surface area contributed by atoms with Crippen molar-refractivity contribution in [1.82, 2.24) is 0 Å². The average Bonchev–Trinajstić information content (AvgIpc) is 2.26. The zero-order chi connectivity index (χ0) is 12.0. The molecule has 16 heavy (non-hydrogen) atoms. The van der Waals surface area contributed by atoms with Crippen LogP contribution in [0, 0.1) is 0 Å². The Morgan fingerprint density at radius 1 is 1.38 bits per heavy atom. The molecule has 1 rings (SSSR count). The Morgan fingerprint density at radius 2 is 2.12 bits per heavy atom. The Morgan fingerprint density at radius 3 is 2.75 bits per heavy atom. The van der Waals surface area contributed by atoms with Crippen molar-refractivity contribution < 1.29 is 9.84 Å². The molecule has 0 aliphatic rings. The molecule has 0 fully saturated rings. The fraction of sp³-hybridized carbons (Fsp3) is 0.538. The molecule has 1 aromatic rings. The molecule has 1 N–H and O–H groups in total. The van der Waals surface area contributed by atoms with E-state index in [4.69, 9.17) is 4.74 Å². The molecule has 0 aliphatic carbocycles. The number of aliphatic hydroxyl groups excluding tert-OH is 1. The van der Waals surface area contributed by atoms with Gasteiger partial charge in [-0.1, -0.05) is 26.0 Å². The van der Waals surface area contributed by atoms with Crippen LogP contribution in [0.15, 0.2) is 24.3 Å². The third-order valence-electron chi connectivity index (χ3n) is 2.14. The van der Waals surface area contributed by atoms with Crippen LogP contribution in [0.25, 0.3) is 0 Å². The van der Waals surface area contributed by atoms with Crippen LogP contribution in [0.3, 0.4) is 0 Å². The van der Waals surface area contributed by atoms with Gasteiger partial charge in [-0.15, -0.1) is 0 Å². The zero-order valence-electron chi connectivity index (χ0n) is 10.1. The molecule has 1 unspecified atom stereocenters. The van der Waals surface area contributed by atoms with Crippen LogP contribution >= 0.6 is 11.8 Å². The zero-order valence-corrected chi connectivity index (χ0v) is 11.0. The Labute approximate surface area is 102 Å². The smallest absolute Gasteiger partial charge is 0.119 e. The van der Waals surface area contributed by atoms with Crippen LogP contribution in [0.4, 0.5) is 0 Å². The molecular formula is C13H20O2S. The number of hydrogen-bond donors (Lipinski definition) is 1. The first-order valence-corrected chi connectivity index (χ1v) is 6.70. The maximum atomic E-state index is 9.99. The lowest BCUT2D eigenvalue weighted by molar-refractivity contribution is 0.203. The SMILES string of the molecule is CCOc1cccc(C(O)CSC(C)C)c1. The third-order valence-corrected chi connectivity index (χ3v) is 3.32. The highest BCUT2D eigenvalue weighted by Crippen LogP contribution is 2.24. The number of hydrogen-bond acceptors (Lipinski definition) is 3. The Hall–Kier alpha value is -0.670. The van der Waals surface area contributed by atoms with E-state index in [2.05, 4.69) is 13.8 Å². The number of benzene rings is 1. The van der Waals surface area contributed by atoms with Crippen molar-refractivity contribution >= 4 is 11.8 Å². The molecule has 90 valence electrons. The van der Waals surface area contributed by atoms with Crippen LogP contribution in [0.2, 0.25) is 0 Å². The van der Waals surface area contributed by atoms with Crippen LogP contribution in [0.5, 0.6) is 5.75 Å². The molecule has 3 heteroatoms. The summed E-state index contributed by atoms with van der Waals surface area (Å²) in [6.07, 6.45) is -0.409. The van der Waals surface area contributed by atoms with E-state index in [1.54, 1.807) is 11.8 Å². The summed E-state index contributed by atoms with van der Waals surface area (Å²) in [7, 11) is 0. The van der Waals surface area contributed by atoms with Gasteiger partial charge in [0.15, 0.2) is 0 Å². The maximum absolute atomic E-state index is 9.99. The molecule has 0 aliphatic heterocycles. The second-order valence-corrected chi connectivity index (χ2v) is 5.51. The summed E-state index contributed by atoms with van der Waals surface area (Å²) in [6.45, 7) is 6.88. The Kier molecular flexibility index (Phi) is 5.71. The molecule has 0 amide bonds. The number of ether oxygens (including phenoxy) is 1. The number of thioether (sulfide) groups is 1. The van der Waals surface area contributed by atoms with Gasteiger partial charge in [-0.25, -0.2) is 0 Å². The molecule has 0 spiro atoms. The molecule has 1 aromatic carbocycles. The molecule has 2 nitrogen and oxygen atoms in total. The van der Waals surface area contributed by atoms with E-state index in [0.29, 0.717) is 11.9 Å². The first-order chi connectivity index (χ1) is 7.63. The summed E-state index contributed by atoms with van der Waals surface area (Å²) in [6, 6.07) is 7.68. The second kappa shape index (κ2) is 6.81. The van der Waals surface area contributed by atoms with E-state index in [1.807, 2.05) is 31.2 Å². The summed E-state index contributed by atoms with van der Waals surface area (Å²) in [5, 5.41) is 10.5. The molecular weight excluding hydrogens is 220 g/mol. The molecule has 0 heterocycles. The van der Waals surface area contributed by atoms with E-state index in [0.717, 1.165) is 17.1 Å². The van der Waals surface area contributed by atoms with Crippen molar-refractivity contribution in [3.8, 4) is 5.75 Å². The minimum atomic E-state index is -0.409. The van der Waals surface area contributed by atoms with Gasteiger partial charge in [0.25, 0.3) is 0 Å². The molecule has 0 saturated heterocycles. The third kappa shape index (κ3) is 4.45. The first-order valence-electron chi connectivity index (χ1n) is 5.66. The van der Waals surface area contributed by atoms with Gasteiger partial charge in [0.05, 0.1) is 12.7 Å². The quantitative estimate of drug-likeness (QED) is 0.827. The highest BCUT2D eigenvalue weighted by Gasteiger charge is 2.09. The predicted octanol–water partition coefficient (Wildman–Crippen LogP) is 3.26. The van der Waals surface area contributed by atoms with Gasteiger partial charge in [0, 0.05) is 5.75 Å². The molecule has 0 aromatic heterocycles. The van der Waals surface area contributed by atoms with Crippen molar-refractivity contribution in [1.29, 1.82) is 0 Å². The largest absolute Gasteiger partial charge is 0.494 e.